The van der Waals surface area contributed by atoms with Gasteiger partial charge in [-0.15, -0.1) is 0 Å². The van der Waals surface area contributed by atoms with Gasteiger partial charge >= 0.3 is 11.9 Å². The molecule has 0 amide bonds. The van der Waals surface area contributed by atoms with E-state index >= 15 is 0 Å². The van der Waals surface area contributed by atoms with Crippen molar-refractivity contribution in [1.29, 1.82) is 0 Å². The number of aromatic nitrogens is 1. The minimum atomic E-state index is -5.17. The highest BCUT2D eigenvalue weighted by Gasteiger charge is 2.40. The lowest BCUT2D eigenvalue weighted by Crippen LogP contribution is -2.13. The topological polar surface area (TPSA) is 65.3 Å². The predicted molar refractivity (Wildman–Crippen MR) is 47.4 cm³/mol. The van der Waals surface area contributed by atoms with E-state index in [1.807, 2.05) is 0 Å². The summed E-state index contributed by atoms with van der Waals surface area (Å²) in [6.07, 6.45) is -8.70. The molecule has 1 rings (SSSR count). The largest absolute Gasteiger partial charge is 0.476 e. The number of hydrogen-bond donors (Lipinski definition) is 0. The summed E-state index contributed by atoms with van der Waals surface area (Å²) in [6, 6.07) is -0.0205. The number of methoxy groups -OCH3 is 1. The van der Waals surface area contributed by atoms with Gasteiger partial charge in [-0.2, -0.15) is 13.2 Å². The molecule has 100 valence electrons. The summed E-state index contributed by atoms with van der Waals surface area (Å²) >= 11 is 0. The van der Waals surface area contributed by atoms with Gasteiger partial charge in [-0.3, -0.25) is 10.1 Å². The van der Waals surface area contributed by atoms with Crippen molar-refractivity contribution >= 4 is 5.69 Å². The first-order valence-corrected chi connectivity index (χ1v) is 4.27. The summed E-state index contributed by atoms with van der Waals surface area (Å²) in [7, 11) is 0.873. The van der Waals surface area contributed by atoms with Gasteiger partial charge in [0.15, 0.2) is 0 Å². The van der Waals surface area contributed by atoms with E-state index in [9.17, 15) is 32.1 Å². The maximum Gasteiger partial charge on any atom is 0.418 e. The van der Waals surface area contributed by atoms with E-state index in [2.05, 4.69) is 9.72 Å². The maximum absolute atomic E-state index is 12.5. The van der Waals surface area contributed by atoms with Crippen LogP contribution in [0.3, 0.4) is 0 Å². The zero-order valence-corrected chi connectivity index (χ0v) is 8.66. The fourth-order valence-corrected chi connectivity index (χ4v) is 1.17. The molecule has 1 aromatic rings. The fourth-order valence-electron chi connectivity index (χ4n) is 1.17. The Morgan fingerprint density at radius 3 is 2.33 bits per heavy atom. The van der Waals surface area contributed by atoms with Crippen molar-refractivity contribution in [1.82, 2.24) is 4.98 Å². The number of ether oxygens (including phenoxy) is 1. The van der Waals surface area contributed by atoms with Crippen LogP contribution < -0.4 is 4.74 Å². The lowest BCUT2D eigenvalue weighted by atomic mass is 10.1. The van der Waals surface area contributed by atoms with E-state index in [0.29, 0.717) is 0 Å². The molecule has 0 saturated carbocycles. The fraction of sp³-hybridized carbons (Fsp3) is 0.375. The molecule has 0 saturated heterocycles. The highest BCUT2D eigenvalue weighted by Crippen LogP contribution is 2.39. The van der Waals surface area contributed by atoms with Gasteiger partial charge in [-0.25, -0.2) is 13.8 Å². The lowest BCUT2D eigenvalue weighted by Gasteiger charge is -2.12. The van der Waals surface area contributed by atoms with Crippen molar-refractivity contribution < 1.29 is 31.6 Å². The SMILES string of the molecule is COc1nc(C(F)F)c(C(F)(F)F)cc1[N+](=O)[O-]. The first-order valence-electron chi connectivity index (χ1n) is 4.27. The van der Waals surface area contributed by atoms with Gasteiger partial charge in [0.2, 0.25) is 0 Å². The monoisotopic (exact) mass is 272 g/mol. The Labute approximate surface area is 96.3 Å². The van der Waals surface area contributed by atoms with Crippen molar-refractivity contribution in [2.45, 2.75) is 12.6 Å². The molecule has 10 heteroatoms. The molecule has 0 fully saturated rings. The minimum Gasteiger partial charge on any atom is -0.476 e. The molecule has 0 unspecified atom stereocenters. The third-order valence-corrected chi connectivity index (χ3v) is 1.90. The van der Waals surface area contributed by atoms with Gasteiger partial charge in [0.1, 0.15) is 5.69 Å². The molecule has 0 atom stereocenters. The predicted octanol–water partition coefficient (Wildman–Crippen LogP) is 2.95. The van der Waals surface area contributed by atoms with Gasteiger partial charge in [-0.1, -0.05) is 0 Å². The smallest absolute Gasteiger partial charge is 0.418 e. The van der Waals surface area contributed by atoms with Crippen molar-refractivity contribution in [3.05, 3.63) is 27.4 Å². The molecule has 18 heavy (non-hydrogen) atoms. The summed E-state index contributed by atoms with van der Waals surface area (Å²) in [5, 5.41) is 10.5. The number of rotatable bonds is 3. The third-order valence-electron chi connectivity index (χ3n) is 1.90. The molecule has 1 heterocycles. The second kappa shape index (κ2) is 4.70. The summed E-state index contributed by atoms with van der Waals surface area (Å²) in [6.45, 7) is 0. The molecule has 0 N–H and O–H groups in total. The van der Waals surface area contributed by atoms with Crippen LogP contribution in [0.1, 0.15) is 17.7 Å². The van der Waals surface area contributed by atoms with Crippen molar-refractivity contribution in [3.63, 3.8) is 0 Å². The van der Waals surface area contributed by atoms with Gasteiger partial charge in [0.25, 0.3) is 12.3 Å². The molecule has 0 bridgehead atoms. The maximum atomic E-state index is 12.5. The number of halogens is 5. The van der Waals surface area contributed by atoms with Gasteiger partial charge in [0.05, 0.1) is 17.6 Å². The molecule has 0 radical (unpaired) electrons. The van der Waals surface area contributed by atoms with Gasteiger partial charge in [-0.05, 0) is 0 Å². The van der Waals surface area contributed by atoms with Crippen LogP contribution in [0.5, 0.6) is 5.88 Å². The van der Waals surface area contributed by atoms with Crippen molar-refractivity contribution in [2.24, 2.45) is 0 Å². The van der Waals surface area contributed by atoms with E-state index in [1.54, 1.807) is 0 Å². The Balaban J connectivity index is 3.58. The van der Waals surface area contributed by atoms with Crippen LogP contribution >= 0.6 is 0 Å². The number of nitro groups is 1. The molecule has 0 aliphatic rings. The van der Waals surface area contributed by atoms with E-state index in [1.165, 1.54) is 0 Å². The van der Waals surface area contributed by atoms with E-state index < -0.39 is 40.3 Å². The van der Waals surface area contributed by atoms with Crippen LogP contribution in [-0.2, 0) is 6.18 Å². The Morgan fingerprint density at radius 1 is 1.44 bits per heavy atom. The first kappa shape index (κ1) is 14.1. The van der Waals surface area contributed by atoms with E-state index in [-0.39, 0.29) is 6.07 Å². The Morgan fingerprint density at radius 2 is 2.00 bits per heavy atom. The molecule has 1 aromatic heterocycles. The van der Waals surface area contributed by atoms with E-state index in [4.69, 9.17) is 0 Å². The quantitative estimate of drug-likeness (QED) is 0.482. The Hall–Kier alpha value is -2.00. The van der Waals surface area contributed by atoms with Crippen LogP contribution in [-0.4, -0.2) is 17.0 Å². The molecule has 0 aliphatic carbocycles. The summed E-state index contributed by atoms with van der Waals surface area (Å²) in [5.41, 5.74) is -4.59. The summed E-state index contributed by atoms with van der Waals surface area (Å²) in [4.78, 5) is 12.1. The first-order chi connectivity index (χ1) is 8.18. The number of alkyl halides is 5. The molecule has 0 spiro atoms. The highest BCUT2D eigenvalue weighted by molar-refractivity contribution is 5.46. The van der Waals surface area contributed by atoms with Crippen molar-refractivity contribution in [2.75, 3.05) is 7.11 Å². The van der Waals surface area contributed by atoms with Crippen LogP contribution in [0.15, 0.2) is 6.07 Å². The standard InChI is InChI=1S/C8H5F5N2O3/c1-18-7-4(15(16)17)2-3(8(11,12)13)5(14-7)6(9)10/h2,6H,1H3. The number of nitrogens with zero attached hydrogens (tertiary/aromatic N) is 2. The Bertz CT molecular complexity index is 475. The molecule has 0 aromatic carbocycles. The third kappa shape index (κ3) is 2.63. The number of hydrogen-bond acceptors (Lipinski definition) is 4. The van der Waals surface area contributed by atoms with Crippen LogP contribution in [0.2, 0.25) is 0 Å². The van der Waals surface area contributed by atoms with Crippen LogP contribution in [0, 0.1) is 10.1 Å². The lowest BCUT2D eigenvalue weighted by molar-refractivity contribution is -0.386. The van der Waals surface area contributed by atoms with Crippen LogP contribution in [0.25, 0.3) is 0 Å². The molecule has 0 aliphatic heterocycles. The molecular weight excluding hydrogens is 267 g/mol. The van der Waals surface area contributed by atoms with Crippen molar-refractivity contribution in [3.8, 4) is 5.88 Å². The normalized spacial score (nSPS) is 11.7. The average molecular weight is 272 g/mol. The number of pyridine rings is 1. The molecular formula is C8H5F5N2O3. The summed E-state index contributed by atoms with van der Waals surface area (Å²) < 4.78 is 66.5. The Kier molecular flexibility index (Phi) is 3.67. The zero-order chi connectivity index (χ0) is 14.1. The van der Waals surface area contributed by atoms with Gasteiger partial charge in [0, 0.05) is 6.07 Å². The zero-order valence-electron chi connectivity index (χ0n) is 8.66. The second-order valence-electron chi connectivity index (χ2n) is 3.01. The second-order valence-corrected chi connectivity index (χ2v) is 3.01. The highest BCUT2D eigenvalue weighted by atomic mass is 19.4. The van der Waals surface area contributed by atoms with E-state index in [0.717, 1.165) is 7.11 Å². The average Bonchev–Trinajstić information content (AvgIpc) is 2.25. The summed E-state index contributed by atoms with van der Waals surface area (Å²) in [5.74, 6) is -0.900. The minimum absolute atomic E-state index is 0.0205. The van der Waals surface area contributed by atoms with Crippen LogP contribution in [0.4, 0.5) is 27.6 Å². The van der Waals surface area contributed by atoms with Gasteiger partial charge < -0.3 is 4.74 Å². The molecule has 5 nitrogen and oxygen atoms in total.